The first-order valence-electron chi connectivity index (χ1n) is 9.79. The predicted octanol–water partition coefficient (Wildman–Crippen LogP) is 3.06. The van der Waals surface area contributed by atoms with Gasteiger partial charge in [0.25, 0.3) is 5.91 Å². The summed E-state index contributed by atoms with van der Waals surface area (Å²) in [5, 5.41) is 4.49. The lowest BCUT2D eigenvalue weighted by Crippen LogP contribution is -2.20. The van der Waals surface area contributed by atoms with Crippen molar-refractivity contribution in [1.29, 1.82) is 0 Å². The smallest absolute Gasteiger partial charge is 0.284 e. The number of nitrogens with zero attached hydrogens (tertiary/aromatic N) is 4. The second kappa shape index (κ2) is 7.98. The molecular weight excluding hydrogens is 392 g/mol. The molecule has 2 aromatic heterocycles. The maximum absolute atomic E-state index is 15.0. The van der Waals surface area contributed by atoms with Crippen LogP contribution in [-0.2, 0) is 18.3 Å². The van der Waals surface area contributed by atoms with Crippen LogP contribution in [0.1, 0.15) is 29.2 Å². The number of ether oxygens (including phenoxy) is 1. The van der Waals surface area contributed by atoms with Crippen LogP contribution >= 0.6 is 0 Å². The molecule has 3 aromatic rings. The van der Waals surface area contributed by atoms with E-state index in [-0.39, 0.29) is 22.6 Å². The maximum Gasteiger partial charge on any atom is 0.284 e. The van der Waals surface area contributed by atoms with Crippen LogP contribution in [0.15, 0.2) is 24.5 Å². The first-order valence-corrected chi connectivity index (χ1v) is 9.79. The summed E-state index contributed by atoms with van der Waals surface area (Å²) < 4.78 is 38.5. The molecule has 0 aliphatic carbocycles. The number of primary amides is 1. The normalized spacial score (nSPS) is 14.9. The Morgan fingerprint density at radius 1 is 1.20 bits per heavy atom. The highest BCUT2D eigenvalue weighted by Crippen LogP contribution is 2.33. The minimum absolute atomic E-state index is 0.00556. The number of hydrogen-bond acceptors (Lipinski definition) is 4. The summed E-state index contributed by atoms with van der Waals surface area (Å²) in [6.07, 6.45) is 4.99. The van der Waals surface area contributed by atoms with Crippen LogP contribution < -0.4 is 5.73 Å². The number of rotatable bonds is 5. The second-order valence-corrected chi connectivity index (χ2v) is 7.58. The van der Waals surface area contributed by atoms with Gasteiger partial charge >= 0.3 is 0 Å². The first kappa shape index (κ1) is 20.2. The molecule has 0 unspecified atom stereocenters. The molecule has 2 N–H and O–H groups in total. The Morgan fingerprint density at radius 2 is 1.87 bits per heavy atom. The van der Waals surface area contributed by atoms with E-state index in [1.807, 2.05) is 0 Å². The first-order chi connectivity index (χ1) is 14.4. The molecule has 158 valence electrons. The van der Waals surface area contributed by atoms with Gasteiger partial charge in [-0.15, -0.1) is 0 Å². The van der Waals surface area contributed by atoms with Crippen LogP contribution in [0.3, 0.4) is 0 Å². The van der Waals surface area contributed by atoms with Gasteiger partial charge in [-0.25, -0.2) is 13.8 Å². The molecule has 1 amide bonds. The fourth-order valence-corrected chi connectivity index (χ4v) is 3.91. The fraction of sp³-hybridized carbons (Fsp3) is 0.381. The fourth-order valence-electron chi connectivity index (χ4n) is 3.91. The van der Waals surface area contributed by atoms with Crippen molar-refractivity contribution in [1.82, 2.24) is 19.3 Å². The van der Waals surface area contributed by atoms with Gasteiger partial charge in [-0.1, -0.05) is 6.07 Å². The number of imidazole rings is 1. The summed E-state index contributed by atoms with van der Waals surface area (Å²) in [5.74, 6) is -2.29. The predicted molar refractivity (Wildman–Crippen MR) is 107 cm³/mol. The third-order valence-corrected chi connectivity index (χ3v) is 5.59. The Balaban J connectivity index is 1.66. The number of hydrogen-bond donors (Lipinski definition) is 1. The Kier molecular flexibility index (Phi) is 5.38. The Labute approximate surface area is 172 Å². The summed E-state index contributed by atoms with van der Waals surface area (Å²) in [7, 11) is 1.53. The van der Waals surface area contributed by atoms with E-state index in [1.54, 1.807) is 17.8 Å². The van der Waals surface area contributed by atoms with Gasteiger partial charge < -0.3 is 15.0 Å². The van der Waals surface area contributed by atoms with Crippen LogP contribution in [0.5, 0.6) is 0 Å². The second-order valence-electron chi connectivity index (χ2n) is 7.58. The third-order valence-electron chi connectivity index (χ3n) is 5.59. The van der Waals surface area contributed by atoms with Crippen molar-refractivity contribution in [2.75, 3.05) is 13.2 Å². The molecule has 0 bridgehead atoms. The van der Waals surface area contributed by atoms with Gasteiger partial charge in [0.05, 0.1) is 17.6 Å². The Morgan fingerprint density at radius 3 is 2.53 bits per heavy atom. The van der Waals surface area contributed by atoms with Gasteiger partial charge in [0.15, 0.2) is 17.5 Å². The molecule has 9 heteroatoms. The number of amides is 1. The van der Waals surface area contributed by atoms with Crippen molar-refractivity contribution >= 4 is 5.91 Å². The van der Waals surface area contributed by atoms with Gasteiger partial charge in [0.1, 0.15) is 0 Å². The summed E-state index contributed by atoms with van der Waals surface area (Å²) in [6.45, 7) is 3.98. The van der Waals surface area contributed by atoms with Gasteiger partial charge in [-0.3, -0.25) is 9.48 Å². The minimum atomic E-state index is -1.01. The molecule has 0 saturated carbocycles. The molecule has 0 radical (unpaired) electrons. The van der Waals surface area contributed by atoms with Crippen molar-refractivity contribution in [3.63, 3.8) is 0 Å². The number of benzene rings is 1. The molecule has 1 aromatic carbocycles. The SMILES string of the molecule is Cc1nn(CC2CCOCC2)cc1-c1ccc(-c2cnc(C(N)=O)n2C)c(F)c1F. The number of aryl methyl sites for hydroxylation is 1. The average molecular weight is 415 g/mol. The zero-order valence-electron chi connectivity index (χ0n) is 16.9. The molecule has 0 spiro atoms. The zero-order valence-corrected chi connectivity index (χ0v) is 16.9. The number of carbonyl (C=O) groups excluding carboxylic acids is 1. The maximum atomic E-state index is 15.0. The standard InChI is InChI=1S/C21H23F2N5O2/c1-12-16(11-28(26-12)10-13-5-7-30-8-6-13)14-3-4-15(19(23)18(14)22)17-9-25-21(20(24)29)27(17)2/h3-4,9,11,13H,5-8,10H2,1-2H3,(H2,24,29). The molecule has 1 aliphatic heterocycles. The van der Waals surface area contributed by atoms with Crippen LogP contribution in [0.25, 0.3) is 22.4 Å². The lowest BCUT2D eigenvalue weighted by molar-refractivity contribution is 0.0601. The Bertz CT molecular complexity index is 1100. The van der Waals surface area contributed by atoms with E-state index in [1.165, 1.54) is 29.9 Å². The largest absolute Gasteiger partial charge is 0.381 e. The van der Waals surface area contributed by atoms with Crippen molar-refractivity contribution < 1.29 is 18.3 Å². The third kappa shape index (κ3) is 3.60. The Hall–Kier alpha value is -3.07. The zero-order chi connectivity index (χ0) is 21.4. The lowest BCUT2D eigenvalue weighted by Gasteiger charge is -2.21. The van der Waals surface area contributed by atoms with Crippen molar-refractivity contribution in [3.05, 3.63) is 47.7 Å². The van der Waals surface area contributed by atoms with E-state index >= 15 is 4.39 Å². The van der Waals surface area contributed by atoms with E-state index in [9.17, 15) is 9.18 Å². The van der Waals surface area contributed by atoms with Crippen LogP contribution in [0.4, 0.5) is 8.78 Å². The lowest BCUT2D eigenvalue weighted by atomic mass is 10.0. The summed E-state index contributed by atoms with van der Waals surface area (Å²) >= 11 is 0. The molecule has 30 heavy (non-hydrogen) atoms. The van der Waals surface area contributed by atoms with E-state index in [0.717, 1.165) is 32.6 Å². The van der Waals surface area contributed by atoms with Crippen LogP contribution in [-0.4, -0.2) is 38.5 Å². The number of nitrogens with two attached hydrogens (primary N) is 1. The van der Waals surface area contributed by atoms with E-state index in [4.69, 9.17) is 10.5 Å². The van der Waals surface area contributed by atoms with Gasteiger partial charge in [-0.05, 0) is 31.7 Å². The average Bonchev–Trinajstić information content (AvgIpc) is 3.27. The number of carbonyl (C=O) groups is 1. The van der Waals surface area contributed by atoms with Gasteiger partial charge in [0.2, 0.25) is 0 Å². The molecule has 3 heterocycles. The molecule has 1 saturated heterocycles. The van der Waals surface area contributed by atoms with Crippen molar-refractivity contribution in [2.24, 2.45) is 18.7 Å². The van der Waals surface area contributed by atoms with Crippen LogP contribution in [0, 0.1) is 24.5 Å². The summed E-state index contributed by atoms with van der Waals surface area (Å²) in [5.41, 5.74) is 6.84. The highest BCUT2D eigenvalue weighted by molar-refractivity contribution is 5.90. The molecule has 1 aliphatic rings. The monoisotopic (exact) mass is 415 g/mol. The molecule has 7 nitrogen and oxygen atoms in total. The van der Waals surface area contributed by atoms with Gasteiger partial charge in [0, 0.05) is 49.7 Å². The van der Waals surface area contributed by atoms with E-state index in [0.29, 0.717) is 17.2 Å². The molecule has 0 atom stereocenters. The van der Waals surface area contributed by atoms with E-state index < -0.39 is 17.5 Å². The highest BCUT2D eigenvalue weighted by atomic mass is 19.2. The number of halogens is 2. The molecule has 4 rings (SSSR count). The van der Waals surface area contributed by atoms with E-state index in [2.05, 4.69) is 10.1 Å². The molecule has 1 fully saturated rings. The van der Waals surface area contributed by atoms with Crippen molar-refractivity contribution in [3.8, 4) is 22.4 Å². The quantitative estimate of drug-likeness (QED) is 0.694. The van der Waals surface area contributed by atoms with Crippen molar-refractivity contribution in [2.45, 2.75) is 26.3 Å². The topological polar surface area (TPSA) is 88.0 Å². The van der Waals surface area contributed by atoms with Crippen LogP contribution in [0.2, 0.25) is 0 Å². The summed E-state index contributed by atoms with van der Waals surface area (Å²) in [6, 6.07) is 3.00. The summed E-state index contributed by atoms with van der Waals surface area (Å²) in [4.78, 5) is 15.3. The molecular formula is C21H23F2N5O2. The van der Waals surface area contributed by atoms with Gasteiger partial charge in [-0.2, -0.15) is 5.10 Å². The number of aromatic nitrogens is 4. The minimum Gasteiger partial charge on any atom is -0.381 e. The highest BCUT2D eigenvalue weighted by Gasteiger charge is 2.22.